The van der Waals surface area contributed by atoms with Crippen molar-refractivity contribution in [2.45, 2.75) is 13.8 Å². The first-order chi connectivity index (χ1) is 33.3. The average Bonchev–Trinajstić information content (AvgIpc) is 3.40. The third-order valence-corrected chi connectivity index (χ3v) is 12.8. The predicted molar refractivity (Wildman–Crippen MR) is 272 cm³/mol. The smallest absolute Gasteiger partial charge is 0.356 e. The number of fused-ring (bicyclic) bond motifs is 6. The highest BCUT2D eigenvalue weighted by atomic mass is 16.5. The Bertz CT molecular complexity index is 3550. The Kier molecular flexibility index (Phi) is 10.5. The summed E-state index contributed by atoms with van der Waals surface area (Å²) in [7, 11) is 2.74. The molecule has 0 aliphatic heterocycles. The minimum absolute atomic E-state index is 0.203. The minimum atomic E-state index is -0.523. The van der Waals surface area contributed by atoms with Crippen LogP contribution in [0.2, 0.25) is 0 Å². The van der Waals surface area contributed by atoms with E-state index in [1.54, 1.807) is 12.1 Å². The van der Waals surface area contributed by atoms with Crippen LogP contribution in [-0.4, -0.2) is 46.1 Å². The molecule has 0 aliphatic carbocycles. The molecule has 4 aromatic heterocycles. The highest BCUT2D eigenvalue weighted by Gasteiger charge is 2.23. The van der Waals surface area contributed by atoms with E-state index in [1.165, 1.54) is 14.2 Å². The number of carbonyl (C=O) groups excluding carboxylic acids is 2. The van der Waals surface area contributed by atoms with Crippen LogP contribution in [0.5, 0.6) is 0 Å². The van der Waals surface area contributed by atoms with E-state index in [0.29, 0.717) is 22.1 Å². The fraction of sp³-hybridized carbons (Fsp3) is 0.0667. The van der Waals surface area contributed by atoms with Crippen LogP contribution in [0.1, 0.15) is 32.1 Å². The average molecular weight is 883 g/mol. The van der Waals surface area contributed by atoms with Crippen molar-refractivity contribution >= 4 is 55.6 Å². The van der Waals surface area contributed by atoms with Crippen LogP contribution in [0.3, 0.4) is 0 Å². The maximum atomic E-state index is 13.2. The molecule has 7 aromatic carbocycles. The van der Waals surface area contributed by atoms with E-state index < -0.39 is 11.9 Å². The van der Waals surface area contributed by atoms with E-state index in [1.807, 2.05) is 97.1 Å². The molecule has 11 aromatic rings. The summed E-state index contributed by atoms with van der Waals surface area (Å²) in [5, 5.41) is 3.56. The molecule has 11 rings (SSSR count). The summed E-state index contributed by atoms with van der Waals surface area (Å²) in [6, 6.07) is 61.2. The van der Waals surface area contributed by atoms with Gasteiger partial charge in [-0.15, -0.1) is 0 Å². The van der Waals surface area contributed by atoms with Gasteiger partial charge in [-0.3, -0.25) is 0 Å². The molecule has 0 radical (unpaired) electrons. The van der Waals surface area contributed by atoms with Crippen LogP contribution in [-0.2, 0) is 9.47 Å². The SMILES string of the molecule is COC(=O)c1cc(-c2ccccc2)c2ccc3c(-c4ccccc4)cc(-c4cc(C)c(-c5cc(-c6ccccc6)c6ccc7c(-c8ccccc8)cc(C(=O)OC)nc7c6n5)cc4C)nc3c2n1. The third kappa shape index (κ3) is 7.29. The second-order valence-corrected chi connectivity index (χ2v) is 16.9. The van der Waals surface area contributed by atoms with Crippen molar-refractivity contribution in [3.8, 4) is 67.0 Å². The molecule has 0 unspecified atom stereocenters. The second kappa shape index (κ2) is 17.2. The van der Waals surface area contributed by atoms with E-state index in [4.69, 9.17) is 29.4 Å². The lowest BCUT2D eigenvalue weighted by Gasteiger charge is -2.18. The van der Waals surface area contributed by atoms with Crippen molar-refractivity contribution in [2.24, 2.45) is 0 Å². The van der Waals surface area contributed by atoms with Crippen molar-refractivity contribution in [1.29, 1.82) is 0 Å². The van der Waals surface area contributed by atoms with Gasteiger partial charge in [0.1, 0.15) is 11.4 Å². The lowest BCUT2D eigenvalue weighted by Crippen LogP contribution is -2.06. The van der Waals surface area contributed by atoms with E-state index in [2.05, 4.69) is 86.6 Å². The molecule has 0 spiro atoms. The summed E-state index contributed by atoms with van der Waals surface area (Å²) < 4.78 is 10.4. The van der Waals surface area contributed by atoms with Gasteiger partial charge in [0.25, 0.3) is 0 Å². The Labute approximate surface area is 392 Å². The zero-order chi connectivity index (χ0) is 46.5. The van der Waals surface area contributed by atoms with Crippen LogP contribution in [0.25, 0.3) is 111 Å². The number of aryl methyl sites for hydroxylation is 2. The fourth-order valence-corrected chi connectivity index (χ4v) is 9.44. The van der Waals surface area contributed by atoms with Gasteiger partial charge < -0.3 is 9.47 Å². The van der Waals surface area contributed by atoms with Crippen molar-refractivity contribution in [3.63, 3.8) is 0 Å². The Morgan fingerprint density at radius 1 is 0.338 bits per heavy atom. The molecular weight excluding hydrogens is 841 g/mol. The summed E-state index contributed by atoms with van der Waals surface area (Å²) in [4.78, 5) is 47.3. The number of aromatic nitrogens is 4. The number of nitrogens with zero attached hydrogens (tertiary/aromatic N) is 4. The number of pyridine rings is 4. The highest BCUT2D eigenvalue weighted by Crippen LogP contribution is 2.42. The molecular formula is C60H42N4O4. The van der Waals surface area contributed by atoms with Crippen molar-refractivity contribution in [2.75, 3.05) is 14.2 Å². The molecule has 0 saturated carbocycles. The molecule has 4 heterocycles. The number of benzene rings is 7. The number of rotatable bonds is 8. The van der Waals surface area contributed by atoms with Gasteiger partial charge in [0, 0.05) is 32.7 Å². The number of ether oxygens (including phenoxy) is 2. The van der Waals surface area contributed by atoms with E-state index in [9.17, 15) is 9.59 Å². The van der Waals surface area contributed by atoms with Gasteiger partial charge >= 0.3 is 11.9 Å². The van der Waals surface area contributed by atoms with Crippen molar-refractivity contribution in [1.82, 2.24) is 19.9 Å². The van der Waals surface area contributed by atoms with E-state index >= 15 is 0 Å². The largest absolute Gasteiger partial charge is 0.464 e. The van der Waals surface area contributed by atoms with Crippen LogP contribution < -0.4 is 0 Å². The van der Waals surface area contributed by atoms with Crippen LogP contribution >= 0.6 is 0 Å². The normalized spacial score (nSPS) is 11.4. The molecule has 0 fully saturated rings. The molecule has 0 bridgehead atoms. The minimum Gasteiger partial charge on any atom is -0.464 e. The molecule has 0 atom stereocenters. The molecule has 0 saturated heterocycles. The van der Waals surface area contributed by atoms with Gasteiger partial charge in [-0.25, -0.2) is 29.5 Å². The zero-order valence-corrected chi connectivity index (χ0v) is 37.7. The zero-order valence-electron chi connectivity index (χ0n) is 37.7. The molecule has 68 heavy (non-hydrogen) atoms. The number of hydrogen-bond donors (Lipinski definition) is 0. The highest BCUT2D eigenvalue weighted by molar-refractivity contribution is 6.15. The molecule has 8 nitrogen and oxygen atoms in total. The number of carbonyl (C=O) groups is 2. The Balaban J connectivity index is 1.15. The predicted octanol–water partition coefficient (Wildman–Crippen LogP) is 14.1. The van der Waals surface area contributed by atoms with Crippen LogP contribution in [0.4, 0.5) is 0 Å². The third-order valence-electron chi connectivity index (χ3n) is 12.8. The summed E-state index contributed by atoms with van der Waals surface area (Å²) in [6.07, 6.45) is 0. The van der Waals surface area contributed by atoms with E-state index in [0.717, 1.165) is 99.7 Å². The molecule has 326 valence electrons. The summed E-state index contributed by atoms with van der Waals surface area (Å²) in [5.41, 5.74) is 16.0. The molecule has 0 aliphatic rings. The topological polar surface area (TPSA) is 104 Å². The summed E-state index contributed by atoms with van der Waals surface area (Å²) >= 11 is 0. The lowest BCUT2D eigenvalue weighted by molar-refractivity contribution is 0.0586. The Morgan fingerprint density at radius 3 is 0.912 bits per heavy atom. The Hall–Kier alpha value is -8.88. The summed E-state index contributed by atoms with van der Waals surface area (Å²) in [6.45, 7) is 4.20. The van der Waals surface area contributed by atoms with Crippen molar-refractivity contribution in [3.05, 3.63) is 205 Å². The first-order valence-electron chi connectivity index (χ1n) is 22.4. The maximum Gasteiger partial charge on any atom is 0.356 e. The Morgan fingerprint density at radius 2 is 0.618 bits per heavy atom. The standard InChI is InChI=1S/C60H42N4O4/c1-35-29-46(52-32-48(38-19-11-6-12-20-38)42-26-28-44-50(40-23-15-8-16-24-40)34-54(60(66)68-4)64-58(44)56(42)62-52)36(2)30-45(35)51-31-47(37-17-9-5-10-18-37)41-25-27-43-49(39-21-13-7-14-22-39)33-53(59(65)67-3)63-57(43)55(41)61-51/h5-34H,1-4H3. The van der Waals surface area contributed by atoms with Gasteiger partial charge in [-0.1, -0.05) is 146 Å². The number of methoxy groups -OCH3 is 2. The first kappa shape index (κ1) is 41.8. The molecule has 0 N–H and O–H groups in total. The van der Waals surface area contributed by atoms with Gasteiger partial charge in [0.05, 0.1) is 47.7 Å². The van der Waals surface area contributed by atoms with Gasteiger partial charge in [0.15, 0.2) is 0 Å². The first-order valence-corrected chi connectivity index (χ1v) is 22.4. The molecule has 0 amide bonds. The van der Waals surface area contributed by atoms with Gasteiger partial charge in [-0.2, -0.15) is 0 Å². The number of esters is 2. The van der Waals surface area contributed by atoms with Gasteiger partial charge in [0.2, 0.25) is 0 Å². The quantitative estimate of drug-likeness (QED) is 0.110. The van der Waals surface area contributed by atoms with Crippen LogP contribution in [0.15, 0.2) is 182 Å². The molecule has 8 heteroatoms. The van der Waals surface area contributed by atoms with Crippen molar-refractivity contribution < 1.29 is 19.1 Å². The monoisotopic (exact) mass is 882 g/mol. The lowest BCUT2D eigenvalue weighted by atomic mass is 9.91. The summed E-state index contributed by atoms with van der Waals surface area (Å²) in [5.74, 6) is -1.05. The number of hydrogen-bond acceptors (Lipinski definition) is 8. The van der Waals surface area contributed by atoms with Gasteiger partial charge in [-0.05, 0) is 106 Å². The fourth-order valence-electron chi connectivity index (χ4n) is 9.44. The maximum absolute atomic E-state index is 13.2. The van der Waals surface area contributed by atoms with E-state index in [-0.39, 0.29) is 11.4 Å². The van der Waals surface area contributed by atoms with Crippen LogP contribution in [0, 0.1) is 13.8 Å². The second-order valence-electron chi connectivity index (χ2n) is 16.9.